The van der Waals surface area contributed by atoms with Crippen LogP contribution in [0.15, 0.2) is 30.5 Å². The molecule has 3 rings (SSSR count). The number of fused-ring (bicyclic) bond motifs is 1. The fraction of sp³-hybridized carbons (Fsp3) is 0.467. The molecule has 96 valence electrons. The van der Waals surface area contributed by atoms with Crippen LogP contribution in [0.25, 0.3) is 10.9 Å². The van der Waals surface area contributed by atoms with Crippen molar-refractivity contribution < 1.29 is 5.11 Å². The number of benzene rings is 1. The van der Waals surface area contributed by atoms with Crippen LogP contribution >= 0.6 is 0 Å². The highest BCUT2D eigenvalue weighted by atomic mass is 16.3. The summed E-state index contributed by atoms with van der Waals surface area (Å²) >= 11 is 0. The Bertz CT molecular complexity index is 562. The molecule has 0 radical (unpaired) electrons. The first kappa shape index (κ1) is 11.8. The second kappa shape index (κ2) is 4.11. The lowest BCUT2D eigenvalue weighted by atomic mass is 9.81. The Morgan fingerprint density at radius 3 is 3.00 bits per heavy atom. The maximum absolute atomic E-state index is 10.9. The molecule has 0 amide bonds. The summed E-state index contributed by atoms with van der Waals surface area (Å²) in [5.41, 5.74) is 1.51. The number of hydrogen-bond acceptors (Lipinski definition) is 2. The van der Waals surface area contributed by atoms with E-state index in [-0.39, 0.29) is 0 Å². The maximum Gasteiger partial charge on any atom is 0.0923 e. The highest BCUT2D eigenvalue weighted by molar-refractivity contribution is 5.80. The Morgan fingerprint density at radius 1 is 1.39 bits per heavy atom. The van der Waals surface area contributed by atoms with Gasteiger partial charge in [0.2, 0.25) is 0 Å². The van der Waals surface area contributed by atoms with Gasteiger partial charge in [-0.1, -0.05) is 6.07 Å². The van der Waals surface area contributed by atoms with E-state index in [1.807, 2.05) is 6.20 Å². The predicted molar refractivity (Wildman–Crippen MR) is 73.5 cm³/mol. The molecule has 3 nitrogen and oxygen atoms in total. The Labute approximate surface area is 107 Å². The summed E-state index contributed by atoms with van der Waals surface area (Å²) in [4.78, 5) is 5.50. The van der Waals surface area contributed by atoms with Crippen molar-refractivity contribution in [3.05, 3.63) is 36.0 Å². The van der Waals surface area contributed by atoms with Crippen LogP contribution in [0.2, 0.25) is 0 Å². The molecule has 3 heteroatoms. The number of aliphatic hydroxyl groups is 1. The zero-order valence-corrected chi connectivity index (χ0v) is 11.0. The quantitative estimate of drug-likeness (QED) is 0.809. The molecule has 1 aliphatic heterocycles. The largest absolute Gasteiger partial charge is 0.385 e. The summed E-state index contributed by atoms with van der Waals surface area (Å²) in [6.07, 6.45) is 3.55. The first-order valence-electron chi connectivity index (χ1n) is 6.59. The van der Waals surface area contributed by atoms with Crippen molar-refractivity contribution in [3.8, 4) is 0 Å². The average molecular weight is 244 g/mol. The molecule has 2 aromatic rings. The minimum absolute atomic E-state index is 0.422. The van der Waals surface area contributed by atoms with Crippen LogP contribution in [-0.4, -0.2) is 34.6 Å². The van der Waals surface area contributed by atoms with Gasteiger partial charge in [-0.3, -0.25) is 0 Å². The molecular formula is C15H20N2O. The normalized spacial score (nSPS) is 29.8. The molecule has 1 aliphatic rings. The van der Waals surface area contributed by atoms with Gasteiger partial charge in [0.05, 0.1) is 5.60 Å². The number of rotatable bonds is 1. The van der Waals surface area contributed by atoms with Gasteiger partial charge in [0.15, 0.2) is 0 Å². The van der Waals surface area contributed by atoms with E-state index in [1.54, 1.807) is 0 Å². The summed E-state index contributed by atoms with van der Waals surface area (Å²) in [5, 5.41) is 12.1. The molecule has 0 spiro atoms. The number of aromatic amines is 1. The number of H-pyrrole nitrogens is 1. The van der Waals surface area contributed by atoms with E-state index in [0.717, 1.165) is 30.5 Å². The van der Waals surface area contributed by atoms with Crippen molar-refractivity contribution in [1.82, 2.24) is 9.88 Å². The molecule has 2 atom stereocenters. The number of nitrogens with one attached hydrogen (secondary N) is 1. The van der Waals surface area contributed by atoms with Gasteiger partial charge in [-0.2, -0.15) is 0 Å². The van der Waals surface area contributed by atoms with E-state index >= 15 is 0 Å². The van der Waals surface area contributed by atoms with Gasteiger partial charge >= 0.3 is 0 Å². The lowest BCUT2D eigenvalue weighted by Gasteiger charge is -2.41. The Morgan fingerprint density at radius 2 is 2.22 bits per heavy atom. The van der Waals surface area contributed by atoms with Gasteiger partial charge < -0.3 is 15.0 Å². The Balaban J connectivity index is 1.97. The van der Waals surface area contributed by atoms with E-state index in [2.05, 4.69) is 48.1 Å². The van der Waals surface area contributed by atoms with E-state index in [0.29, 0.717) is 6.04 Å². The molecule has 1 aromatic carbocycles. The van der Waals surface area contributed by atoms with Crippen LogP contribution in [0.4, 0.5) is 0 Å². The van der Waals surface area contributed by atoms with E-state index in [1.165, 1.54) is 5.39 Å². The SMILES string of the molecule is CC1CC(O)(c2ccc3[nH]ccc3c2)CCN1C. The first-order valence-corrected chi connectivity index (χ1v) is 6.59. The summed E-state index contributed by atoms with van der Waals surface area (Å²) in [7, 11) is 2.12. The van der Waals surface area contributed by atoms with Crippen LogP contribution in [0.5, 0.6) is 0 Å². The zero-order chi connectivity index (χ0) is 12.8. The van der Waals surface area contributed by atoms with E-state index in [9.17, 15) is 5.11 Å². The molecule has 0 aliphatic carbocycles. The zero-order valence-electron chi connectivity index (χ0n) is 11.0. The van der Waals surface area contributed by atoms with Crippen LogP contribution in [-0.2, 0) is 5.60 Å². The highest BCUT2D eigenvalue weighted by Gasteiger charge is 2.36. The van der Waals surface area contributed by atoms with Crippen LogP contribution < -0.4 is 0 Å². The lowest BCUT2D eigenvalue weighted by Crippen LogP contribution is -2.45. The van der Waals surface area contributed by atoms with Crippen molar-refractivity contribution in [1.29, 1.82) is 0 Å². The van der Waals surface area contributed by atoms with Crippen molar-refractivity contribution >= 4 is 10.9 Å². The summed E-state index contributed by atoms with van der Waals surface area (Å²) in [6, 6.07) is 8.71. The molecule has 2 unspecified atom stereocenters. The molecule has 0 saturated carbocycles. The standard InChI is InChI=1S/C15H20N2O/c1-11-10-15(18,6-8-17(11)2)13-3-4-14-12(9-13)5-7-16-14/h3-5,7,9,11,16,18H,6,8,10H2,1-2H3. The van der Waals surface area contributed by atoms with Crippen LogP contribution in [0.1, 0.15) is 25.3 Å². The van der Waals surface area contributed by atoms with Crippen molar-refractivity contribution in [2.24, 2.45) is 0 Å². The van der Waals surface area contributed by atoms with Crippen molar-refractivity contribution in [3.63, 3.8) is 0 Å². The van der Waals surface area contributed by atoms with Gasteiger partial charge in [-0.15, -0.1) is 0 Å². The minimum Gasteiger partial charge on any atom is -0.385 e. The second-order valence-electron chi connectivity index (χ2n) is 5.60. The third-order valence-electron chi connectivity index (χ3n) is 4.35. The summed E-state index contributed by atoms with van der Waals surface area (Å²) in [6.45, 7) is 3.13. The average Bonchev–Trinajstić information content (AvgIpc) is 2.81. The molecule has 2 heterocycles. The van der Waals surface area contributed by atoms with Gasteiger partial charge in [0.25, 0.3) is 0 Å². The number of piperidine rings is 1. The number of nitrogens with zero attached hydrogens (tertiary/aromatic N) is 1. The second-order valence-corrected chi connectivity index (χ2v) is 5.60. The summed E-state index contributed by atoms with van der Waals surface area (Å²) in [5.74, 6) is 0. The number of aromatic nitrogens is 1. The minimum atomic E-state index is -0.669. The molecule has 2 N–H and O–H groups in total. The fourth-order valence-corrected chi connectivity index (χ4v) is 2.93. The molecular weight excluding hydrogens is 224 g/mol. The van der Waals surface area contributed by atoms with E-state index < -0.39 is 5.60 Å². The fourth-order valence-electron chi connectivity index (χ4n) is 2.93. The summed E-state index contributed by atoms with van der Waals surface area (Å²) < 4.78 is 0. The maximum atomic E-state index is 10.9. The van der Waals surface area contributed by atoms with E-state index in [4.69, 9.17) is 0 Å². The van der Waals surface area contributed by atoms with Crippen LogP contribution in [0, 0.1) is 0 Å². The lowest BCUT2D eigenvalue weighted by molar-refractivity contribution is -0.0407. The Hall–Kier alpha value is -1.32. The molecule has 18 heavy (non-hydrogen) atoms. The third kappa shape index (κ3) is 1.84. The molecule has 1 aromatic heterocycles. The molecule has 1 saturated heterocycles. The van der Waals surface area contributed by atoms with Gasteiger partial charge in [0.1, 0.15) is 0 Å². The smallest absolute Gasteiger partial charge is 0.0923 e. The Kier molecular flexibility index (Phi) is 2.68. The van der Waals surface area contributed by atoms with Gasteiger partial charge in [-0.25, -0.2) is 0 Å². The van der Waals surface area contributed by atoms with Crippen molar-refractivity contribution in [2.75, 3.05) is 13.6 Å². The van der Waals surface area contributed by atoms with Crippen molar-refractivity contribution in [2.45, 2.75) is 31.4 Å². The van der Waals surface area contributed by atoms with Gasteiger partial charge in [-0.05, 0) is 56.0 Å². The number of likely N-dealkylation sites (tertiary alicyclic amines) is 1. The molecule has 1 fully saturated rings. The first-order chi connectivity index (χ1) is 8.58. The molecule has 0 bridgehead atoms. The monoisotopic (exact) mass is 244 g/mol. The third-order valence-corrected chi connectivity index (χ3v) is 4.35. The predicted octanol–water partition coefficient (Wildman–Crippen LogP) is 2.47. The topological polar surface area (TPSA) is 39.3 Å². The number of hydrogen-bond donors (Lipinski definition) is 2. The van der Waals surface area contributed by atoms with Crippen LogP contribution in [0.3, 0.4) is 0 Å². The van der Waals surface area contributed by atoms with Gasteiger partial charge in [0, 0.05) is 24.3 Å². The highest BCUT2D eigenvalue weighted by Crippen LogP contribution is 2.36.